The Morgan fingerprint density at radius 3 is 2.58 bits per heavy atom. The van der Waals surface area contributed by atoms with Crippen LogP contribution in [0.4, 0.5) is 0 Å². The van der Waals surface area contributed by atoms with Gasteiger partial charge in [-0.1, -0.05) is 46.1 Å². The molecule has 0 aliphatic rings. The number of hydrogen-bond donors (Lipinski definition) is 0. The van der Waals surface area contributed by atoms with Gasteiger partial charge in [0.25, 0.3) is 5.56 Å². The molecule has 0 aliphatic heterocycles. The summed E-state index contributed by atoms with van der Waals surface area (Å²) in [4.78, 5) is 29.5. The number of nitrogens with zero attached hydrogens (tertiary/aromatic N) is 3. The van der Waals surface area contributed by atoms with E-state index in [0.29, 0.717) is 28.7 Å². The summed E-state index contributed by atoms with van der Waals surface area (Å²) >= 11 is 16.1. The van der Waals surface area contributed by atoms with Gasteiger partial charge in [-0.2, -0.15) is 9.78 Å². The monoisotopic (exact) mass is 553 g/mol. The van der Waals surface area contributed by atoms with E-state index >= 15 is 0 Å². The molecular formula is C23H22BrCl2N3O4. The maximum atomic E-state index is 13.1. The van der Waals surface area contributed by atoms with E-state index in [2.05, 4.69) is 26.0 Å². The van der Waals surface area contributed by atoms with Crippen molar-refractivity contribution in [2.75, 3.05) is 6.61 Å². The smallest absolute Gasteiger partial charge is 0.347 e. The van der Waals surface area contributed by atoms with Gasteiger partial charge in [0.15, 0.2) is 11.9 Å². The third-order valence-electron chi connectivity index (χ3n) is 4.61. The van der Waals surface area contributed by atoms with Gasteiger partial charge in [0.1, 0.15) is 5.82 Å². The van der Waals surface area contributed by atoms with E-state index in [0.717, 1.165) is 10.9 Å². The number of benzene rings is 2. The number of halogens is 3. The van der Waals surface area contributed by atoms with Gasteiger partial charge >= 0.3 is 5.97 Å². The molecule has 1 aromatic heterocycles. The Morgan fingerprint density at radius 1 is 1.24 bits per heavy atom. The third kappa shape index (κ3) is 5.93. The zero-order chi connectivity index (χ0) is 24.1. The van der Waals surface area contributed by atoms with E-state index in [1.807, 2.05) is 13.0 Å². The molecule has 0 N–H and O–H groups in total. The van der Waals surface area contributed by atoms with Gasteiger partial charge in [0.05, 0.1) is 33.8 Å². The number of carbonyl (C=O) groups is 1. The zero-order valence-electron chi connectivity index (χ0n) is 18.3. The van der Waals surface area contributed by atoms with Crippen LogP contribution in [-0.4, -0.2) is 34.6 Å². The number of rotatable bonds is 8. The Labute approximate surface area is 209 Å². The normalized spacial score (nSPS) is 12.3. The van der Waals surface area contributed by atoms with Crippen LogP contribution in [0.2, 0.25) is 10.0 Å². The van der Waals surface area contributed by atoms with Gasteiger partial charge in [-0.05, 0) is 56.2 Å². The van der Waals surface area contributed by atoms with Crippen LogP contribution in [0.3, 0.4) is 0 Å². The Bertz CT molecular complexity index is 1250. The molecule has 0 amide bonds. The zero-order valence-corrected chi connectivity index (χ0v) is 21.4. The largest absolute Gasteiger partial charge is 0.476 e. The number of fused-ring (bicyclic) bond motifs is 1. The molecule has 0 spiro atoms. The van der Waals surface area contributed by atoms with Gasteiger partial charge < -0.3 is 9.47 Å². The molecule has 7 nitrogen and oxygen atoms in total. The molecule has 2 aromatic carbocycles. The second-order valence-corrected chi connectivity index (χ2v) is 8.86. The molecule has 0 bridgehead atoms. The maximum absolute atomic E-state index is 13.1. The summed E-state index contributed by atoms with van der Waals surface area (Å²) < 4.78 is 12.6. The number of carbonyl (C=O) groups excluding carboxylic acids is 1. The molecular weight excluding hydrogens is 533 g/mol. The molecule has 3 rings (SSSR count). The summed E-state index contributed by atoms with van der Waals surface area (Å²) in [6.45, 7) is 5.50. The van der Waals surface area contributed by atoms with Crippen LogP contribution in [0.1, 0.15) is 38.6 Å². The van der Waals surface area contributed by atoms with Crippen LogP contribution in [0.25, 0.3) is 10.9 Å². The predicted molar refractivity (Wildman–Crippen MR) is 134 cm³/mol. The fourth-order valence-corrected chi connectivity index (χ4v) is 4.03. The SMILES string of the molecule is CCCc1nc2ccc(Br)cc2c(=O)n1N=Cc1cc(Cl)c(O[C@@H](C)C(=O)OCC)c(Cl)c1. The lowest BCUT2D eigenvalue weighted by Crippen LogP contribution is -2.26. The molecule has 0 aliphatic carbocycles. The van der Waals surface area contributed by atoms with Crippen molar-refractivity contribution in [1.29, 1.82) is 0 Å². The van der Waals surface area contributed by atoms with E-state index in [1.54, 1.807) is 38.1 Å². The Hall–Kier alpha value is -2.42. The van der Waals surface area contributed by atoms with E-state index < -0.39 is 12.1 Å². The van der Waals surface area contributed by atoms with Gasteiger partial charge in [0.2, 0.25) is 0 Å². The number of ether oxygens (including phenoxy) is 2. The van der Waals surface area contributed by atoms with Crippen LogP contribution in [0.15, 0.2) is 44.7 Å². The predicted octanol–water partition coefficient (Wildman–Crippen LogP) is 5.63. The lowest BCUT2D eigenvalue weighted by Gasteiger charge is -2.16. The molecule has 0 unspecified atom stereocenters. The van der Waals surface area contributed by atoms with Crippen LogP contribution in [-0.2, 0) is 16.0 Å². The molecule has 0 saturated heterocycles. The Balaban J connectivity index is 1.96. The number of aryl methyl sites for hydroxylation is 1. The van der Waals surface area contributed by atoms with Crippen LogP contribution in [0.5, 0.6) is 5.75 Å². The first kappa shape index (κ1) is 25.2. The molecule has 0 fully saturated rings. The second-order valence-electron chi connectivity index (χ2n) is 7.13. The van der Waals surface area contributed by atoms with E-state index in [4.69, 9.17) is 32.7 Å². The number of aromatic nitrogens is 2. The van der Waals surface area contributed by atoms with Crippen molar-refractivity contribution in [3.8, 4) is 5.75 Å². The summed E-state index contributed by atoms with van der Waals surface area (Å²) in [5.41, 5.74) is 0.882. The topological polar surface area (TPSA) is 82.8 Å². The van der Waals surface area contributed by atoms with Crippen molar-refractivity contribution in [2.24, 2.45) is 5.10 Å². The van der Waals surface area contributed by atoms with Crippen molar-refractivity contribution in [3.05, 3.63) is 66.6 Å². The lowest BCUT2D eigenvalue weighted by atomic mass is 10.2. The Kier molecular flexibility index (Phi) is 8.51. The highest BCUT2D eigenvalue weighted by Crippen LogP contribution is 2.34. The Morgan fingerprint density at radius 2 is 1.94 bits per heavy atom. The second kappa shape index (κ2) is 11.1. The first-order valence-electron chi connectivity index (χ1n) is 10.3. The first-order chi connectivity index (χ1) is 15.7. The highest BCUT2D eigenvalue weighted by atomic mass is 79.9. The average molecular weight is 555 g/mol. The molecule has 174 valence electrons. The highest BCUT2D eigenvalue weighted by molar-refractivity contribution is 9.10. The molecule has 1 atom stereocenters. The maximum Gasteiger partial charge on any atom is 0.347 e. The van der Waals surface area contributed by atoms with Crippen molar-refractivity contribution >= 4 is 62.2 Å². The molecule has 3 aromatic rings. The quantitative estimate of drug-likeness (QED) is 0.266. The minimum absolute atomic E-state index is 0.164. The summed E-state index contributed by atoms with van der Waals surface area (Å²) in [5, 5.41) is 5.21. The van der Waals surface area contributed by atoms with Crippen LogP contribution in [0, 0.1) is 0 Å². The molecule has 0 saturated carbocycles. The van der Waals surface area contributed by atoms with E-state index in [1.165, 1.54) is 10.9 Å². The molecule has 1 heterocycles. The molecule has 0 radical (unpaired) electrons. The van der Waals surface area contributed by atoms with Crippen LogP contribution >= 0.6 is 39.1 Å². The lowest BCUT2D eigenvalue weighted by molar-refractivity contribution is -0.150. The van der Waals surface area contributed by atoms with Gasteiger partial charge in [-0.15, -0.1) is 0 Å². The molecule has 33 heavy (non-hydrogen) atoms. The fourth-order valence-electron chi connectivity index (χ4n) is 3.07. The minimum Gasteiger partial charge on any atom is -0.476 e. The van der Waals surface area contributed by atoms with E-state index in [-0.39, 0.29) is 28.0 Å². The fraction of sp³-hybridized carbons (Fsp3) is 0.304. The summed E-state index contributed by atoms with van der Waals surface area (Å²) in [5.74, 6) is 0.194. The number of hydrogen-bond acceptors (Lipinski definition) is 6. The minimum atomic E-state index is -0.877. The van der Waals surface area contributed by atoms with Crippen LogP contribution < -0.4 is 10.3 Å². The summed E-state index contributed by atoms with van der Waals surface area (Å²) in [6.07, 6.45) is 1.98. The van der Waals surface area contributed by atoms with E-state index in [9.17, 15) is 9.59 Å². The van der Waals surface area contributed by atoms with Crippen molar-refractivity contribution in [3.63, 3.8) is 0 Å². The van der Waals surface area contributed by atoms with Crippen molar-refractivity contribution in [1.82, 2.24) is 9.66 Å². The highest BCUT2D eigenvalue weighted by Gasteiger charge is 2.19. The first-order valence-corrected chi connectivity index (χ1v) is 11.9. The average Bonchev–Trinajstić information content (AvgIpc) is 2.76. The number of esters is 1. The standard InChI is InChI=1S/C23H22BrCl2N3O4/c1-4-6-20-28-19-8-7-15(24)11-16(19)22(30)29(20)27-12-14-9-17(25)21(18(26)10-14)33-13(3)23(31)32-5-2/h7-13H,4-6H2,1-3H3/t13-/m0/s1. The van der Waals surface area contributed by atoms with Crippen molar-refractivity contribution in [2.45, 2.75) is 39.7 Å². The summed E-state index contributed by atoms with van der Waals surface area (Å²) in [6, 6.07) is 8.52. The summed E-state index contributed by atoms with van der Waals surface area (Å²) in [7, 11) is 0. The third-order valence-corrected chi connectivity index (χ3v) is 5.66. The van der Waals surface area contributed by atoms with Gasteiger partial charge in [-0.3, -0.25) is 4.79 Å². The molecule has 10 heteroatoms. The van der Waals surface area contributed by atoms with Gasteiger partial charge in [-0.25, -0.2) is 9.78 Å². The van der Waals surface area contributed by atoms with Crippen molar-refractivity contribution < 1.29 is 14.3 Å². The van der Waals surface area contributed by atoms with Gasteiger partial charge in [0, 0.05) is 10.9 Å².